The zero-order valence-electron chi connectivity index (χ0n) is 15.4. The molecule has 1 saturated heterocycles. The van der Waals surface area contributed by atoms with Gasteiger partial charge in [-0.15, -0.1) is 12.4 Å². The Morgan fingerprint density at radius 3 is 2.41 bits per heavy atom. The van der Waals surface area contributed by atoms with Crippen LogP contribution in [-0.2, 0) is 22.8 Å². The summed E-state index contributed by atoms with van der Waals surface area (Å²) in [5.41, 5.74) is 2.61. The van der Waals surface area contributed by atoms with Crippen molar-refractivity contribution in [3.63, 3.8) is 0 Å². The molecule has 4 rings (SSSR count). The minimum atomic E-state index is -3.42. The van der Waals surface area contributed by atoms with Gasteiger partial charge >= 0.3 is 0 Å². The highest BCUT2D eigenvalue weighted by Gasteiger charge is 2.40. The molecule has 1 N–H and O–H groups in total. The summed E-state index contributed by atoms with van der Waals surface area (Å²) in [5, 5.41) is 2.94. The lowest BCUT2D eigenvalue weighted by atomic mass is 9.95. The largest absolute Gasteiger partial charge is 0.316 e. The lowest BCUT2D eigenvalue weighted by molar-refractivity contribution is 0.162. The van der Waals surface area contributed by atoms with Gasteiger partial charge in [-0.25, -0.2) is 8.42 Å². The smallest absolute Gasteiger partial charge is 0.194 e. The van der Waals surface area contributed by atoms with E-state index in [-0.39, 0.29) is 18.3 Å². The third-order valence-corrected chi connectivity index (χ3v) is 7.90. The Labute approximate surface area is 168 Å². The number of nitrogens with one attached hydrogen (secondary N) is 1. The SMILES string of the molecule is Cl.O=S(=O)(c1ccccc1)C(C1CCCNC1)N1CCc2ccccc2C1. The van der Waals surface area contributed by atoms with E-state index in [9.17, 15) is 8.42 Å². The van der Waals surface area contributed by atoms with Gasteiger partial charge in [0.2, 0.25) is 0 Å². The first-order valence-electron chi connectivity index (χ1n) is 9.47. The number of hydrogen-bond acceptors (Lipinski definition) is 4. The van der Waals surface area contributed by atoms with Gasteiger partial charge in [0.1, 0.15) is 5.37 Å². The van der Waals surface area contributed by atoms with Crippen molar-refractivity contribution in [1.29, 1.82) is 0 Å². The minimum absolute atomic E-state index is 0. The highest BCUT2D eigenvalue weighted by Crippen LogP contribution is 2.32. The minimum Gasteiger partial charge on any atom is -0.316 e. The fourth-order valence-corrected chi connectivity index (χ4v) is 6.48. The van der Waals surface area contributed by atoms with Crippen LogP contribution in [0, 0.1) is 5.92 Å². The molecule has 146 valence electrons. The first-order chi connectivity index (χ1) is 12.7. The quantitative estimate of drug-likeness (QED) is 0.846. The van der Waals surface area contributed by atoms with Gasteiger partial charge in [-0.3, -0.25) is 4.90 Å². The van der Waals surface area contributed by atoms with Crippen LogP contribution in [0.25, 0.3) is 0 Å². The molecule has 2 aromatic carbocycles. The van der Waals surface area contributed by atoms with Crippen LogP contribution in [0.15, 0.2) is 59.5 Å². The average molecular weight is 407 g/mol. The van der Waals surface area contributed by atoms with Crippen molar-refractivity contribution in [3.05, 3.63) is 65.7 Å². The van der Waals surface area contributed by atoms with E-state index in [1.54, 1.807) is 12.1 Å². The van der Waals surface area contributed by atoms with E-state index in [2.05, 4.69) is 28.4 Å². The van der Waals surface area contributed by atoms with Crippen molar-refractivity contribution in [1.82, 2.24) is 10.2 Å². The molecule has 27 heavy (non-hydrogen) atoms. The number of sulfone groups is 1. The van der Waals surface area contributed by atoms with Crippen molar-refractivity contribution < 1.29 is 8.42 Å². The lowest BCUT2D eigenvalue weighted by Gasteiger charge is -2.40. The van der Waals surface area contributed by atoms with Crippen LogP contribution in [0.1, 0.15) is 24.0 Å². The molecule has 2 aliphatic rings. The first-order valence-corrected chi connectivity index (χ1v) is 11.0. The molecule has 6 heteroatoms. The van der Waals surface area contributed by atoms with E-state index in [4.69, 9.17) is 0 Å². The molecule has 2 atom stereocenters. The van der Waals surface area contributed by atoms with E-state index in [1.165, 1.54) is 11.1 Å². The molecule has 0 aromatic heterocycles. The van der Waals surface area contributed by atoms with Gasteiger partial charge in [0.15, 0.2) is 9.84 Å². The highest BCUT2D eigenvalue weighted by atomic mass is 35.5. The molecule has 2 unspecified atom stereocenters. The van der Waals surface area contributed by atoms with Gasteiger partial charge in [0.25, 0.3) is 0 Å². The number of piperidine rings is 1. The Kier molecular flexibility index (Phi) is 6.58. The van der Waals surface area contributed by atoms with Crippen LogP contribution >= 0.6 is 12.4 Å². The maximum Gasteiger partial charge on any atom is 0.194 e. The molecule has 2 aromatic rings. The van der Waals surface area contributed by atoms with Crippen LogP contribution in [0.2, 0.25) is 0 Å². The van der Waals surface area contributed by atoms with Crippen LogP contribution in [-0.4, -0.2) is 38.3 Å². The second-order valence-electron chi connectivity index (χ2n) is 7.34. The molecule has 0 spiro atoms. The summed E-state index contributed by atoms with van der Waals surface area (Å²) in [6, 6.07) is 17.4. The van der Waals surface area contributed by atoms with Crippen molar-refractivity contribution in [2.45, 2.75) is 36.1 Å². The molecule has 1 fully saturated rings. The van der Waals surface area contributed by atoms with Crippen molar-refractivity contribution in [3.8, 4) is 0 Å². The molecule has 0 amide bonds. The first kappa shape index (κ1) is 20.3. The number of fused-ring (bicyclic) bond motifs is 1. The predicted molar refractivity (Wildman–Crippen MR) is 111 cm³/mol. The standard InChI is InChI=1S/C21H26N2O2S.ClH/c24-26(25,20-10-2-1-3-11-20)21(18-9-6-13-22-15-18)23-14-12-17-7-4-5-8-19(17)16-23;/h1-5,7-8,10-11,18,21-22H,6,9,12-16H2;1H. The Balaban J connectivity index is 0.00000210. The van der Waals surface area contributed by atoms with Gasteiger partial charge in [0, 0.05) is 25.6 Å². The predicted octanol–water partition coefficient (Wildman–Crippen LogP) is 3.27. The Bertz CT molecular complexity index is 851. The highest BCUT2D eigenvalue weighted by molar-refractivity contribution is 7.92. The van der Waals surface area contributed by atoms with Gasteiger partial charge in [0.05, 0.1) is 4.90 Å². The molecular formula is C21H27ClN2O2S. The zero-order chi connectivity index (χ0) is 18.0. The van der Waals surface area contributed by atoms with Gasteiger partial charge in [-0.2, -0.15) is 0 Å². The fourth-order valence-electron chi connectivity index (χ4n) is 4.35. The number of halogens is 1. The van der Waals surface area contributed by atoms with E-state index < -0.39 is 15.2 Å². The number of hydrogen-bond donors (Lipinski definition) is 1. The van der Waals surface area contributed by atoms with Gasteiger partial charge in [-0.1, -0.05) is 42.5 Å². The number of rotatable bonds is 4. The lowest BCUT2D eigenvalue weighted by Crippen LogP contribution is -2.51. The molecule has 2 aliphatic heterocycles. The maximum absolute atomic E-state index is 13.6. The second-order valence-corrected chi connectivity index (χ2v) is 9.39. The third-order valence-electron chi connectivity index (χ3n) is 5.65. The topological polar surface area (TPSA) is 49.4 Å². The van der Waals surface area contributed by atoms with Crippen molar-refractivity contribution in [2.24, 2.45) is 5.92 Å². The van der Waals surface area contributed by atoms with E-state index in [0.717, 1.165) is 38.9 Å². The van der Waals surface area contributed by atoms with Gasteiger partial charge < -0.3 is 5.32 Å². The fraction of sp³-hybridized carbons (Fsp3) is 0.429. The van der Waals surface area contributed by atoms with Crippen molar-refractivity contribution >= 4 is 22.2 Å². The van der Waals surface area contributed by atoms with Crippen LogP contribution in [0.4, 0.5) is 0 Å². The third kappa shape index (κ3) is 4.21. The van der Waals surface area contributed by atoms with Crippen molar-refractivity contribution in [2.75, 3.05) is 19.6 Å². The number of benzene rings is 2. The summed E-state index contributed by atoms with van der Waals surface area (Å²) in [6.07, 6.45) is 2.91. The van der Waals surface area contributed by atoms with E-state index >= 15 is 0 Å². The summed E-state index contributed by atoms with van der Waals surface area (Å²) < 4.78 is 27.1. The normalized spacial score (nSPS) is 21.7. The van der Waals surface area contributed by atoms with Crippen LogP contribution in [0.3, 0.4) is 0 Å². The van der Waals surface area contributed by atoms with E-state index in [0.29, 0.717) is 11.4 Å². The zero-order valence-corrected chi connectivity index (χ0v) is 17.0. The molecule has 0 aliphatic carbocycles. The van der Waals surface area contributed by atoms with Crippen LogP contribution in [0.5, 0.6) is 0 Å². The maximum atomic E-state index is 13.6. The van der Waals surface area contributed by atoms with Gasteiger partial charge in [-0.05, 0) is 49.1 Å². The Morgan fingerprint density at radius 1 is 1.00 bits per heavy atom. The summed E-state index contributed by atoms with van der Waals surface area (Å²) in [6.45, 7) is 3.26. The van der Waals surface area contributed by atoms with E-state index in [1.807, 2.05) is 24.3 Å². The molecule has 0 radical (unpaired) electrons. The van der Waals surface area contributed by atoms with Crippen LogP contribution < -0.4 is 5.32 Å². The summed E-state index contributed by atoms with van der Waals surface area (Å²) in [5.74, 6) is 0.124. The summed E-state index contributed by atoms with van der Waals surface area (Å²) in [4.78, 5) is 2.64. The second kappa shape index (κ2) is 8.74. The molecular weight excluding hydrogens is 380 g/mol. The average Bonchev–Trinajstić information content (AvgIpc) is 2.69. The monoisotopic (exact) mass is 406 g/mol. The molecule has 0 saturated carbocycles. The summed E-state index contributed by atoms with van der Waals surface area (Å²) in [7, 11) is -3.42. The summed E-state index contributed by atoms with van der Waals surface area (Å²) >= 11 is 0. The molecule has 0 bridgehead atoms. The Hall–Kier alpha value is -1.40. The number of nitrogens with zero attached hydrogens (tertiary/aromatic N) is 1. The Morgan fingerprint density at radius 2 is 1.70 bits per heavy atom. The molecule has 4 nitrogen and oxygen atoms in total. The molecule has 2 heterocycles.